The molecule has 0 aliphatic carbocycles. The number of para-hydroxylation sites is 1. The molecule has 0 fully saturated rings. The van der Waals surface area contributed by atoms with Gasteiger partial charge < -0.3 is 5.32 Å². The van der Waals surface area contributed by atoms with Gasteiger partial charge in [0.2, 0.25) is 0 Å². The van der Waals surface area contributed by atoms with Crippen LogP contribution in [0.15, 0.2) is 18.2 Å². The topological polar surface area (TPSA) is 12.0 Å². The van der Waals surface area contributed by atoms with Gasteiger partial charge in [-0.05, 0) is 18.6 Å². The Labute approximate surface area is 108 Å². The van der Waals surface area contributed by atoms with Crippen LogP contribution in [0.3, 0.4) is 0 Å². The van der Waals surface area contributed by atoms with Crippen LogP contribution in [0.4, 0.5) is 5.69 Å². The van der Waals surface area contributed by atoms with Crippen molar-refractivity contribution < 1.29 is 0 Å². The van der Waals surface area contributed by atoms with E-state index in [1.807, 2.05) is 18.2 Å². The number of benzene rings is 1. The lowest BCUT2D eigenvalue weighted by Crippen LogP contribution is -2.02. The largest absolute Gasteiger partial charge is 0.383 e. The van der Waals surface area contributed by atoms with Crippen molar-refractivity contribution >= 4 is 28.9 Å². The van der Waals surface area contributed by atoms with Crippen molar-refractivity contribution in [1.29, 1.82) is 0 Å². The molecule has 1 rings (SSSR count). The van der Waals surface area contributed by atoms with E-state index in [-0.39, 0.29) is 0 Å². The van der Waals surface area contributed by atoms with Crippen molar-refractivity contribution in [3.63, 3.8) is 0 Å². The van der Waals surface area contributed by atoms with Crippen LogP contribution in [0.5, 0.6) is 0 Å². The van der Waals surface area contributed by atoms with Gasteiger partial charge in [-0.3, -0.25) is 0 Å². The second-order valence-electron chi connectivity index (χ2n) is 3.94. The molecule has 1 N–H and O–H groups in total. The van der Waals surface area contributed by atoms with Gasteiger partial charge in [-0.1, -0.05) is 61.9 Å². The van der Waals surface area contributed by atoms with Crippen molar-refractivity contribution in [3.8, 4) is 0 Å². The second-order valence-corrected chi connectivity index (χ2v) is 4.75. The minimum absolute atomic E-state index is 0.695. The Morgan fingerprint density at radius 3 is 2.25 bits per heavy atom. The fourth-order valence-electron chi connectivity index (χ4n) is 1.61. The highest BCUT2D eigenvalue weighted by atomic mass is 35.5. The number of nitrogens with one attached hydrogen (secondary N) is 1. The van der Waals surface area contributed by atoms with E-state index in [1.165, 1.54) is 32.1 Å². The zero-order valence-electron chi connectivity index (χ0n) is 9.73. The van der Waals surface area contributed by atoms with Gasteiger partial charge in [0.15, 0.2) is 0 Å². The minimum Gasteiger partial charge on any atom is -0.383 e. The van der Waals surface area contributed by atoms with Crippen LogP contribution < -0.4 is 5.32 Å². The molecule has 0 radical (unpaired) electrons. The third-order valence-electron chi connectivity index (χ3n) is 2.54. The predicted molar refractivity (Wildman–Crippen MR) is 73.7 cm³/mol. The molecule has 1 nitrogen and oxygen atoms in total. The Balaban J connectivity index is 2.26. The van der Waals surface area contributed by atoms with Crippen LogP contribution in [0.2, 0.25) is 10.0 Å². The molecule has 0 bridgehead atoms. The summed E-state index contributed by atoms with van der Waals surface area (Å²) in [5, 5.41) is 4.69. The number of hydrogen-bond acceptors (Lipinski definition) is 1. The molecule has 1 aromatic rings. The molecule has 0 atom stereocenters. The van der Waals surface area contributed by atoms with Crippen molar-refractivity contribution in [2.45, 2.75) is 39.0 Å². The number of rotatable bonds is 7. The minimum atomic E-state index is 0.695. The molecule has 16 heavy (non-hydrogen) atoms. The standard InChI is InChI=1S/C13H19Cl2N/c1-2-3-4-5-6-10-16-13-11(14)8-7-9-12(13)15/h7-9,16H,2-6,10H2,1H3. The fraction of sp³-hybridized carbons (Fsp3) is 0.538. The Morgan fingerprint density at radius 1 is 1.00 bits per heavy atom. The van der Waals surface area contributed by atoms with Gasteiger partial charge in [0, 0.05) is 6.54 Å². The maximum absolute atomic E-state index is 6.05. The molecule has 0 saturated heterocycles. The summed E-state index contributed by atoms with van der Waals surface area (Å²) >= 11 is 12.1. The quantitative estimate of drug-likeness (QED) is 0.649. The van der Waals surface area contributed by atoms with Crippen LogP contribution in [0.1, 0.15) is 39.0 Å². The Kier molecular flexibility index (Phi) is 6.67. The number of anilines is 1. The van der Waals surface area contributed by atoms with E-state index in [2.05, 4.69) is 12.2 Å². The van der Waals surface area contributed by atoms with Crippen molar-refractivity contribution in [2.75, 3.05) is 11.9 Å². The first kappa shape index (κ1) is 13.7. The summed E-state index contributed by atoms with van der Waals surface area (Å²) in [6.45, 7) is 3.16. The van der Waals surface area contributed by atoms with Gasteiger partial charge in [-0.15, -0.1) is 0 Å². The molecule has 0 aliphatic heterocycles. The van der Waals surface area contributed by atoms with Gasteiger partial charge in [0.25, 0.3) is 0 Å². The first-order valence-electron chi connectivity index (χ1n) is 5.93. The van der Waals surface area contributed by atoms with Gasteiger partial charge >= 0.3 is 0 Å². The van der Waals surface area contributed by atoms with E-state index >= 15 is 0 Å². The zero-order chi connectivity index (χ0) is 11.8. The lowest BCUT2D eigenvalue weighted by atomic mass is 10.1. The third kappa shape index (κ3) is 4.63. The van der Waals surface area contributed by atoms with E-state index in [9.17, 15) is 0 Å². The van der Waals surface area contributed by atoms with Gasteiger partial charge in [0.1, 0.15) is 0 Å². The highest BCUT2D eigenvalue weighted by molar-refractivity contribution is 6.39. The first-order chi connectivity index (χ1) is 7.75. The van der Waals surface area contributed by atoms with Gasteiger partial charge in [0.05, 0.1) is 15.7 Å². The van der Waals surface area contributed by atoms with Crippen molar-refractivity contribution in [3.05, 3.63) is 28.2 Å². The first-order valence-corrected chi connectivity index (χ1v) is 6.69. The summed E-state index contributed by atoms with van der Waals surface area (Å²) < 4.78 is 0. The maximum Gasteiger partial charge on any atom is 0.0718 e. The average Bonchev–Trinajstić information content (AvgIpc) is 2.26. The second kappa shape index (κ2) is 7.81. The van der Waals surface area contributed by atoms with E-state index in [4.69, 9.17) is 23.2 Å². The van der Waals surface area contributed by atoms with E-state index < -0.39 is 0 Å². The highest BCUT2D eigenvalue weighted by Crippen LogP contribution is 2.29. The van der Waals surface area contributed by atoms with Crippen molar-refractivity contribution in [1.82, 2.24) is 0 Å². The summed E-state index contributed by atoms with van der Waals surface area (Å²) in [7, 11) is 0. The molecule has 1 aromatic carbocycles. The molecule has 0 aliphatic rings. The summed E-state index contributed by atoms with van der Waals surface area (Å²) in [6, 6.07) is 5.57. The number of unbranched alkanes of at least 4 members (excludes halogenated alkanes) is 4. The Bertz CT molecular complexity index is 293. The molecule has 3 heteroatoms. The smallest absolute Gasteiger partial charge is 0.0718 e. The highest BCUT2D eigenvalue weighted by Gasteiger charge is 2.03. The summed E-state index contributed by atoms with van der Waals surface area (Å²) in [6.07, 6.45) is 6.36. The average molecular weight is 260 g/mol. The van der Waals surface area contributed by atoms with E-state index in [0.29, 0.717) is 10.0 Å². The normalized spacial score (nSPS) is 10.4. The number of hydrogen-bond donors (Lipinski definition) is 1. The maximum atomic E-state index is 6.05. The van der Waals surface area contributed by atoms with Crippen LogP contribution in [0.25, 0.3) is 0 Å². The molecule has 0 unspecified atom stereocenters. The molecule has 90 valence electrons. The van der Waals surface area contributed by atoms with Crippen LogP contribution in [-0.4, -0.2) is 6.54 Å². The summed E-state index contributed by atoms with van der Waals surface area (Å²) in [4.78, 5) is 0. The zero-order valence-corrected chi connectivity index (χ0v) is 11.2. The molecule has 0 saturated carbocycles. The lowest BCUT2D eigenvalue weighted by molar-refractivity contribution is 0.645. The van der Waals surface area contributed by atoms with Crippen LogP contribution in [-0.2, 0) is 0 Å². The SMILES string of the molecule is CCCCCCCNc1c(Cl)cccc1Cl. The van der Waals surface area contributed by atoms with Gasteiger partial charge in [-0.25, -0.2) is 0 Å². The third-order valence-corrected chi connectivity index (χ3v) is 3.17. The molecule has 0 amide bonds. The monoisotopic (exact) mass is 259 g/mol. The Morgan fingerprint density at radius 2 is 1.62 bits per heavy atom. The fourth-order valence-corrected chi connectivity index (χ4v) is 2.14. The molecule has 0 heterocycles. The lowest BCUT2D eigenvalue weighted by Gasteiger charge is -2.09. The summed E-state index contributed by atoms with van der Waals surface area (Å²) in [5.74, 6) is 0. The van der Waals surface area contributed by atoms with E-state index in [0.717, 1.165) is 12.2 Å². The molecule has 0 spiro atoms. The molecular formula is C13H19Cl2N. The van der Waals surface area contributed by atoms with Crippen molar-refractivity contribution in [2.24, 2.45) is 0 Å². The Hall–Kier alpha value is -0.400. The van der Waals surface area contributed by atoms with Gasteiger partial charge in [-0.2, -0.15) is 0 Å². The molecule has 0 aromatic heterocycles. The van der Waals surface area contributed by atoms with Crippen LogP contribution >= 0.6 is 23.2 Å². The summed E-state index contributed by atoms with van der Waals surface area (Å²) in [5.41, 5.74) is 0.862. The number of halogens is 2. The molecular weight excluding hydrogens is 241 g/mol. The predicted octanol–water partition coefficient (Wildman–Crippen LogP) is 5.38. The van der Waals surface area contributed by atoms with E-state index in [1.54, 1.807) is 0 Å². The van der Waals surface area contributed by atoms with Crippen LogP contribution in [0, 0.1) is 0 Å².